The predicted octanol–water partition coefficient (Wildman–Crippen LogP) is 3.37. The van der Waals surface area contributed by atoms with Crippen molar-refractivity contribution < 1.29 is 4.74 Å². The van der Waals surface area contributed by atoms with E-state index in [4.69, 9.17) is 22.1 Å². The zero-order valence-corrected chi connectivity index (χ0v) is 11.9. The molecule has 1 aliphatic rings. The molecule has 0 spiro atoms. The lowest BCUT2D eigenvalue weighted by molar-refractivity contribution is 0.0954. The quantitative estimate of drug-likeness (QED) is 0.836. The Morgan fingerprint density at radius 2 is 1.89 bits per heavy atom. The van der Waals surface area contributed by atoms with Crippen molar-refractivity contribution in [1.82, 2.24) is 9.97 Å². The number of aryl methyl sites for hydroxylation is 1. The molecule has 0 amide bonds. The summed E-state index contributed by atoms with van der Waals surface area (Å²) < 4.78 is 5.88. The standard InChI is InChI=1S/C13H20ClN3O/c1-8-10(15)11(17-12(14)16-8)18-9-4-6-13(2,3)7-5-9/h9H,4-7,15H2,1-3H3. The van der Waals surface area contributed by atoms with Gasteiger partial charge in [-0.25, -0.2) is 4.98 Å². The predicted molar refractivity (Wildman–Crippen MR) is 72.9 cm³/mol. The van der Waals surface area contributed by atoms with Crippen LogP contribution in [0.1, 0.15) is 45.2 Å². The normalized spacial score (nSPS) is 19.8. The Labute approximate surface area is 113 Å². The van der Waals surface area contributed by atoms with E-state index in [2.05, 4.69) is 23.8 Å². The SMILES string of the molecule is Cc1nc(Cl)nc(OC2CCC(C)(C)CC2)c1N. The van der Waals surface area contributed by atoms with E-state index >= 15 is 0 Å². The number of aromatic nitrogens is 2. The molecule has 5 heteroatoms. The first-order chi connectivity index (χ1) is 8.37. The second kappa shape index (κ2) is 4.92. The van der Waals surface area contributed by atoms with Crippen LogP contribution in [0.4, 0.5) is 5.69 Å². The van der Waals surface area contributed by atoms with Crippen LogP contribution in [0.5, 0.6) is 5.88 Å². The van der Waals surface area contributed by atoms with Crippen molar-refractivity contribution in [2.24, 2.45) is 5.41 Å². The molecule has 0 bridgehead atoms. The van der Waals surface area contributed by atoms with Gasteiger partial charge in [0.05, 0.1) is 5.69 Å². The molecule has 0 saturated heterocycles. The van der Waals surface area contributed by atoms with Gasteiger partial charge in [-0.05, 0) is 49.6 Å². The van der Waals surface area contributed by atoms with Crippen LogP contribution < -0.4 is 10.5 Å². The first kappa shape index (κ1) is 13.4. The first-order valence-corrected chi connectivity index (χ1v) is 6.71. The number of anilines is 1. The average Bonchev–Trinajstić information content (AvgIpc) is 2.28. The summed E-state index contributed by atoms with van der Waals surface area (Å²) in [5, 5.41) is 0.188. The number of ether oxygens (including phenoxy) is 1. The first-order valence-electron chi connectivity index (χ1n) is 6.34. The van der Waals surface area contributed by atoms with Crippen LogP contribution in [0.2, 0.25) is 5.28 Å². The summed E-state index contributed by atoms with van der Waals surface area (Å²) in [5.41, 5.74) is 7.49. The lowest BCUT2D eigenvalue weighted by Gasteiger charge is -2.34. The molecule has 1 aliphatic carbocycles. The summed E-state index contributed by atoms with van der Waals surface area (Å²) in [4.78, 5) is 8.07. The van der Waals surface area contributed by atoms with Gasteiger partial charge in [0.25, 0.3) is 0 Å². The van der Waals surface area contributed by atoms with Crippen LogP contribution >= 0.6 is 11.6 Å². The van der Waals surface area contributed by atoms with Crippen molar-refractivity contribution in [3.8, 4) is 5.88 Å². The fraction of sp³-hybridized carbons (Fsp3) is 0.692. The van der Waals surface area contributed by atoms with Crippen LogP contribution in [0.25, 0.3) is 0 Å². The van der Waals surface area contributed by atoms with Gasteiger partial charge in [0.2, 0.25) is 11.2 Å². The van der Waals surface area contributed by atoms with Gasteiger partial charge in [-0.1, -0.05) is 13.8 Å². The van der Waals surface area contributed by atoms with E-state index in [9.17, 15) is 0 Å². The van der Waals surface area contributed by atoms with Crippen LogP contribution in [-0.4, -0.2) is 16.1 Å². The zero-order valence-electron chi connectivity index (χ0n) is 11.2. The van der Waals surface area contributed by atoms with E-state index < -0.39 is 0 Å². The van der Waals surface area contributed by atoms with Gasteiger partial charge < -0.3 is 10.5 Å². The molecular formula is C13H20ClN3O. The molecule has 0 atom stereocenters. The Bertz CT molecular complexity index is 438. The fourth-order valence-electron chi connectivity index (χ4n) is 2.26. The summed E-state index contributed by atoms with van der Waals surface area (Å²) >= 11 is 5.83. The Kier molecular flexibility index (Phi) is 3.66. The Hall–Kier alpha value is -1.03. The molecule has 0 unspecified atom stereocenters. The molecule has 18 heavy (non-hydrogen) atoms. The highest BCUT2D eigenvalue weighted by molar-refractivity contribution is 6.28. The number of nitrogens with two attached hydrogens (primary N) is 1. The highest BCUT2D eigenvalue weighted by Gasteiger charge is 2.28. The van der Waals surface area contributed by atoms with Gasteiger partial charge in [-0.15, -0.1) is 0 Å². The number of rotatable bonds is 2. The Balaban J connectivity index is 2.07. The summed E-state index contributed by atoms with van der Waals surface area (Å²) in [6.45, 7) is 6.40. The second-order valence-electron chi connectivity index (χ2n) is 5.78. The van der Waals surface area contributed by atoms with Crippen molar-refractivity contribution in [3.63, 3.8) is 0 Å². The molecule has 100 valence electrons. The largest absolute Gasteiger partial charge is 0.473 e. The van der Waals surface area contributed by atoms with Gasteiger partial charge in [-0.3, -0.25) is 0 Å². The molecule has 0 aromatic carbocycles. The van der Waals surface area contributed by atoms with Gasteiger partial charge in [-0.2, -0.15) is 4.98 Å². The van der Waals surface area contributed by atoms with E-state index in [1.807, 2.05) is 0 Å². The molecular weight excluding hydrogens is 250 g/mol. The third-order valence-electron chi connectivity index (χ3n) is 3.64. The molecule has 1 fully saturated rings. The van der Waals surface area contributed by atoms with Crippen LogP contribution in [0.15, 0.2) is 0 Å². The second-order valence-corrected chi connectivity index (χ2v) is 6.12. The Morgan fingerprint density at radius 1 is 1.28 bits per heavy atom. The minimum Gasteiger partial charge on any atom is -0.473 e. The molecule has 0 aliphatic heterocycles. The fourth-order valence-corrected chi connectivity index (χ4v) is 2.46. The zero-order chi connectivity index (χ0) is 13.3. The molecule has 1 aromatic heterocycles. The molecule has 4 nitrogen and oxygen atoms in total. The summed E-state index contributed by atoms with van der Waals surface area (Å²) in [7, 11) is 0. The maximum Gasteiger partial charge on any atom is 0.242 e. The lowest BCUT2D eigenvalue weighted by atomic mass is 9.76. The van der Waals surface area contributed by atoms with Gasteiger partial charge >= 0.3 is 0 Å². The number of halogens is 1. The molecule has 0 radical (unpaired) electrons. The third-order valence-corrected chi connectivity index (χ3v) is 3.81. The highest BCUT2D eigenvalue weighted by atomic mass is 35.5. The van der Waals surface area contributed by atoms with Gasteiger partial charge in [0.1, 0.15) is 11.8 Å². The number of hydrogen-bond acceptors (Lipinski definition) is 4. The smallest absolute Gasteiger partial charge is 0.242 e. The van der Waals surface area contributed by atoms with Gasteiger partial charge in [0, 0.05) is 0 Å². The summed E-state index contributed by atoms with van der Waals surface area (Å²) in [5.74, 6) is 0.428. The molecule has 2 rings (SSSR count). The van der Waals surface area contributed by atoms with E-state index in [1.54, 1.807) is 6.92 Å². The van der Waals surface area contributed by atoms with E-state index in [1.165, 1.54) is 0 Å². The summed E-state index contributed by atoms with van der Waals surface area (Å²) in [6.07, 6.45) is 4.58. The van der Waals surface area contributed by atoms with E-state index in [0.717, 1.165) is 25.7 Å². The molecule has 1 heterocycles. The van der Waals surface area contributed by atoms with Crippen molar-refractivity contribution in [1.29, 1.82) is 0 Å². The maximum atomic E-state index is 5.91. The number of hydrogen-bond donors (Lipinski definition) is 1. The third kappa shape index (κ3) is 3.05. The average molecular weight is 270 g/mol. The Morgan fingerprint density at radius 3 is 2.50 bits per heavy atom. The lowest BCUT2D eigenvalue weighted by Crippen LogP contribution is -2.29. The van der Waals surface area contributed by atoms with Crippen LogP contribution in [0.3, 0.4) is 0 Å². The minimum absolute atomic E-state index is 0.186. The molecule has 1 saturated carbocycles. The van der Waals surface area contributed by atoms with Gasteiger partial charge in [0.15, 0.2) is 0 Å². The monoisotopic (exact) mass is 269 g/mol. The van der Waals surface area contributed by atoms with E-state index in [0.29, 0.717) is 22.7 Å². The van der Waals surface area contributed by atoms with Crippen LogP contribution in [-0.2, 0) is 0 Å². The molecule has 1 aromatic rings. The topological polar surface area (TPSA) is 61.0 Å². The summed E-state index contributed by atoms with van der Waals surface area (Å²) in [6, 6.07) is 0. The van der Waals surface area contributed by atoms with Crippen molar-refractivity contribution in [2.45, 2.75) is 52.6 Å². The number of nitrogen functional groups attached to an aromatic ring is 1. The van der Waals surface area contributed by atoms with E-state index in [-0.39, 0.29) is 11.4 Å². The number of nitrogens with zero attached hydrogens (tertiary/aromatic N) is 2. The van der Waals surface area contributed by atoms with Crippen LogP contribution in [0, 0.1) is 12.3 Å². The van der Waals surface area contributed by atoms with Crippen molar-refractivity contribution >= 4 is 17.3 Å². The van der Waals surface area contributed by atoms with Crippen molar-refractivity contribution in [2.75, 3.05) is 5.73 Å². The van der Waals surface area contributed by atoms with Crippen molar-refractivity contribution in [3.05, 3.63) is 11.0 Å². The maximum absolute atomic E-state index is 5.91. The molecule has 2 N–H and O–H groups in total. The minimum atomic E-state index is 0.186. The highest BCUT2D eigenvalue weighted by Crippen LogP contribution is 2.37.